The van der Waals surface area contributed by atoms with Crippen LogP contribution < -0.4 is 10.0 Å². The van der Waals surface area contributed by atoms with Crippen LogP contribution in [0.3, 0.4) is 0 Å². The molecule has 0 atom stereocenters. The van der Waals surface area contributed by atoms with E-state index in [4.69, 9.17) is 16.2 Å². The molecular formula is C19H17ClN6O3S. The summed E-state index contributed by atoms with van der Waals surface area (Å²) < 4.78 is 34.3. The molecule has 4 aromatic rings. The Labute approximate surface area is 177 Å². The van der Waals surface area contributed by atoms with Crippen LogP contribution in [0.5, 0.6) is 0 Å². The number of nitrogens with zero attached hydrogens (tertiary/aromatic N) is 4. The van der Waals surface area contributed by atoms with Gasteiger partial charge < -0.3 is 5.32 Å². The maximum absolute atomic E-state index is 10.9. The lowest BCUT2D eigenvalue weighted by Gasteiger charge is -2.09. The molecule has 0 amide bonds. The summed E-state index contributed by atoms with van der Waals surface area (Å²) in [5.74, 6) is 0.539. The van der Waals surface area contributed by atoms with Gasteiger partial charge in [0.2, 0.25) is 5.28 Å². The summed E-state index contributed by atoms with van der Waals surface area (Å²) in [5, 5.41) is 8.69. The summed E-state index contributed by atoms with van der Waals surface area (Å²) in [6.07, 6.45) is 0. The molecule has 0 radical (unpaired) electrons. The quantitative estimate of drug-likeness (QED) is 0.307. The van der Waals surface area contributed by atoms with Crippen molar-refractivity contribution in [2.24, 2.45) is 7.05 Å². The van der Waals surface area contributed by atoms with Gasteiger partial charge in [0.15, 0.2) is 5.65 Å². The highest BCUT2D eigenvalue weighted by molar-refractivity contribution is 7.87. The van der Waals surface area contributed by atoms with Gasteiger partial charge in [-0.25, -0.2) is 4.68 Å². The first-order chi connectivity index (χ1) is 14.3. The first kappa shape index (κ1) is 20.1. The van der Waals surface area contributed by atoms with Gasteiger partial charge >= 0.3 is 10.3 Å². The maximum atomic E-state index is 10.9. The minimum atomic E-state index is -4.31. The normalized spacial score (nSPS) is 11.6. The lowest BCUT2D eigenvalue weighted by Crippen LogP contribution is -2.10. The van der Waals surface area contributed by atoms with Crippen LogP contribution in [0.15, 0.2) is 54.6 Å². The molecule has 0 aliphatic rings. The van der Waals surface area contributed by atoms with E-state index in [0.29, 0.717) is 18.0 Å². The molecule has 4 rings (SSSR count). The van der Waals surface area contributed by atoms with Crippen LogP contribution in [0.25, 0.3) is 22.3 Å². The van der Waals surface area contributed by atoms with E-state index in [1.54, 1.807) is 36.0 Å². The SMILES string of the molecule is Cn1nc(-c2ccccc2)c2c(NCc3ccc(NS(=O)(=O)O)cc3)nc(Cl)nc21. The molecule has 2 aromatic carbocycles. The fourth-order valence-corrected chi connectivity index (χ4v) is 3.67. The number of aryl methyl sites for hydroxylation is 1. The summed E-state index contributed by atoms with van der Waals surface area (Å²) in [6, 6.07) is 16.3. The van der Waals surface area contributed by atoms with Gasteiger partial charge in [0.05, 0.1) is 11.1 Å². The van der Waals surface area contributed by atoms with Crippen LogP contribution in [0.2, 0.25) is 5.28 Å². The second-order valence-electron chi connectivity index (χ2n) is 6.51. The minimum Gasteiger partial charge on any atom is -0.365 e. The molecule has 0 spiro atoms. The zero-order valence-corrected chi connectivity index (χ0v) is 17.3. The lowest BCUT2D eigenvalue weighted by molar-refractivity contribution is 0.489. The molecule has 0 saturated carbocycles. The molecule has 0 unspecified atom stereocenters. The van der Waals surface area contributed by atoms with E-state index in [1.807, 2.05) is 35.1 Å². The van der Waals surface area contributed by atoms with Gasteiger partial charge in [-0.15, -0.1) is 0 Å². The minimum absolute atomic E-state index is 0.0975. The third kappa shape index (κ3) is 4.35. The average molecular weight is 445 g/mol. The van der Waals surface area contributed by atoms with Crippen LogP contribution in [-0.2, 0) is 23.9 Å². The summed E-state index contributed by atoms with van der Waals surface area (Å²) in [5.41, 5.74) is 3.39. The van der Waals surface area contributed by atoms with Gasteiger partial charge in [0.1, 0.15) is 11.5 Å². The summed E-state index contributed by atoms with van der Waals surface area (Å²) >= 11 is 6.12. The molecule has 3 N–H and O–H groups in total. The largest absolute Gasteiger partial charge is 0.365 e. The smallest absolute Gasteiger partial charge is 0.357 e. The van der Waals surface area contributed by atoms with Crippen LogP contribution in [0, 0.1) is 0 Å². The first-order valence-electron chi connectivity index (χ1n) is 8.84. The summed E-state index contributed by atoms with van der Waals surface area (Å²) in [6.45, 7) is 0.401. The molecule has 30 heavy (non-hydrogen) atoms. The van der Waals surface area contributed by atoms with Crippen molar-refractivity contribution in [1.82, 2.24) is 19.7 Å². The van der Waals surface area contributed by atoms with Crippen molar-refractivity contribution in [3.8, 4) is 11.3 Å². The van der Waals surface area contributed by atoms with Crippen molar-refractivity contribution in [2.75, 3.05) is 10.0 Å². The predicted molar refractivity (Wildman–Crippen MR) is 116 cm³/mol. The third-order valence-corrected chi connectivity index (χ3v) is 5.03. The molecule has 0 aliphatic heterocycles. The second-order valence-corrected chi connectivity index (χ2v) is 8.00. The molecule has 9 nitrogen and oxygen atoms in total. The molecule has 2 aromatic heterocycles. The molecule has 11 heteroatoms. The Morgan fingerprint density at radius 1 is 1.07 bits per heavy atom. The van der Waals surface area contributed by atoms with Gasteiger partial charge in [-0.2, -0.15) is 23.5 Å². The fourth-order valence-electron chi connectivity index (χ4n) is 3.07. The highest BCUT2D eigenvalue weighted by Gasteiger charge is 2.18. The number of rotatable bonds is 6. The molecule has 154 valence electrons. The Balaban J connectivity index is 1.66. The van der Waals surface area contributed by atoms with Crippen LogP contribution in [0.1, 0.15) is 5.56 Å². The lowest BCUT2D eigenvalue weighted by atomic mass is 10.1. The second kappa shape index (κ2) is 7.90. The number of hydrogen-bond donors (Lipinski definition) is 3. The van der Waals surface area contributed by atoms with E-state index in [1.165, 1.54) is 0 Å². The number of hydrogen-bond acceptors (Lipinski definition) is 6. The zero-order chi connectivity index (χ0) is 21.3. The van der Waals surface area contributed by atoms with Crippen molar-refractivity contribution >= 4 is 44.4 Å². The molecule has 0 fully saturated rings. The summed E-state index contributed by atoms with van der Waals surface area (Å²) in [4.78, 5) is 8.66. The zero-order valence-electron chi connectivity index (χ0n) is 15.7. The van der Waals surface area contributed by atoms with Crippen molar-refractivity contribution in [2.45, 2.75) is 6.54 Å². The van der Waals surface area contributed by atoms with Gasteiger partial charge in [0, 0.05) is 19.2 Å². The number of anilines is 2. The fraction of sp³-hybridized carbons (Fsp3) is 0.105. The Hall–Kier alpha value is -3.21. The standard InChI is InChI=1S/C19H17ClN6O3S/c1-26-18-15(16(24-26)13-5-3-2-4-6-13)17(22-19(20)23-18)21-11-12-7-9-14(10-8-12)25-30(27,28)29/h2-10,25H,11H2,1H3,(H,21,22,23)(H,27,28,29). The molecular weight excluding hydrogens is 428 g/mol. The van der Waals surface area contributed by atoms with Gasteiger partial charge in [-0.05, 0) is 29.3 Å². The van der Waals surface area contributed by atoms with Crippen LogP contribution in [-0.4, -0.2) is 32.7 Å². The number of fused-ring (bicyclic) bond motifs is 1. The van der Waals surface area contributed by atoms with Gasteiger partial charge in [-0.3, -0.25) is 9.27 Å². The van der Waals surface area contributed by atoms with E-state index in [-0.39, 0.29) is 11.0 Å². The highest BCUT2D eigenvalue weighted by atomic mass is 35.5. The van der Waals surface area contributed by atoms with E-state index in [0.717, 1.165) is 22.2 Å². The number of aromatic nitrogens is 4. The van der Waals surface area contributed by atoms with Crippen molar-refractivity contribution < 1.29 is 13.0 Å². The average Bonchev–Trinajstić information content (AvgIpc) is 3.03. The Morgan fingerprint density at radius 2 is 1.77 bits per heavy atom. The highest BCUT2D eigenvalue weighted by Crippen LogP contribution is 2.32. The number of halogens is 1. The predicted octanol–water partition coefficient (Wildman–Crippen LogP) is 3.51. The third-order valence-electron chi connectivity index (χ3n) is 4.36. The van der Waals surface area contributed by atoms with Crippen molar-refractivity contribution in [3.63, 3.8) is 0 Å². The number of nitrogens with one attached hydrogen (secondary N) is 2. The monoisotopic (exact) mass is 444 g/mol. The Morgan fingerprint density at radius 3 is 2.43 bits per heavy atom. The van der Waals surface area contributed by atoms with E-state index in [2.05, 4.69) is 20.4 Å². The summed E-state index contributed by atoms with van der Waals surface area (Å²) in [7, 11) is -2.52. The van der Waals surface area contributed by atoms with Gasteiger partial charge in [-0.1, -0.05) is 42.5 Å². The molecule has 0 aliphatic carbocycles. The molecule has 0 saturated heterocycles. The number of benzene rings is 2. The topological polar surface area (TPSA) is 122 Å². The first-order valence-corrected chi connectivity index (χ1v) is 10.7. The van der Waals surface area contributed by atoms with Crippen molar-refractivity contribution in [3.05, 3.63) is 65.4 Å². The molecule has 2 heterocycles. The maximum Gasteiger partial charge on any atom is 0.357 e. The Kier molecular flexibility index (Phi) is 5.29. The van der Waals surface area contributed by atoms with E-state index >= 15 is 0 Å². The van der Waals surface area contributed by atoms with Crippen LogP contribution in [0.4, 0.5) is 11.5 Å². The van der Waals surface area contributed by atoms with Crippen LogP contribution >= 0.6 is 11.6 Å². The van der Waals surface area contributed by atoms with Crippen molar-refractivity contribution in [1.29, 1.82) is 0 Å². The van der Waals surface area contributed by atoms with E-state index in [9.17, 15) is 8.42 Å². The Bertz CT molecular complexity index is 1310. The van der Waals surface area contributed by atoms with E-state index < -0.39 is 10.3 Å². The van der Waals surface area contributed by atoms with Gasteiger partial charge in [0.25, 0.3) is 0 Å². The molecule has 0 bridgehead atoms.